The van der Waals surface area contributed by atoms with E-state index in [9.17, 15) is 15.3 Å². The van der Waals surface area contributed by atoms with E-state index in [-0.39, 0.29) is 25.2 Å². The third-order valence-electron chi connectivity index (χ3n) is 8.54. The Balaban J connectivity index is 2.60. The van der Waals surface area contributed by atoms with Gasteiger partial charge in [-0.05, 0) is 43.4 Å². The molecule has 33 heavy (non-hydrogen) atoms. The first-order valence-electron chi connectivity index (χ1n) is 15.1. The summed E-state index contributed by atoms with van der Waals surface area (Å²) in [6, 6.07) is 0. The maximum absolute atomic E-state index is 9.88. The van der Waals surface area contributed by atoms with E-state index < -0.39 is 0 Å². The summed E-state index contributed by atoms with van der Waals surface area (Å²) < 4.78 is 0. The van der Waals surface area contributed by atoms with E-state index in [0.29, 0.717) is 5.92 Å². The standard InChI is InChI=1S/C30H60O3/c31-26-22-29-21-19-17-15-13-11-9-7-5-3-1-2-4-6-8-10-12-14-16-18-20-23-30(29,24-27-32)25-28-33/h29,31-33H,1-28H2. The Morgan fingerprint density at radius 3 is 1.09 bits per heavy atom. The van der Waals surface area contributed by atoms with Crippen molar-refractivity contribution in [1.82, 2.24) is 0 Å². The second kappa shape index (κ2) is 22.4. The smallest absolute Gasteiger partial charge is 0.0436 e. The third-order valence-corrected chi connectivity index (χ3v) is 8.54. The van der Waals surface area contributed by atoms with Crippen LogP contribution in [0.2, 0.25) is 0 Å². The van der Waals surface area contributed by atoms with Gasteiger partial charge in [0.15, 0.2) is 0 Å². The van der Waals surface area contributed by atoms with Gasteiger partial charge in [0, 0.05) is 19.8 Å². The van der Waals surface area contributed by atoms with E-state index in [1.165, 1.54) is 128 Å². The number of rotatable bonds is 6. The molecule has 0 radical (unpaired) electrons. The van der Waals surface area contributed by atoms with Gasteiger partial charge in [-0.1, -0.05) is 128 Å². The highest BCUT2D eigenvalue weighted by molar-refractivity contribution is 4.87. The first-order valence-corrected chi connectivity index (χ1v) is 15.1. The molecule has 0 aromatic rings. The predicted octanol–water partition coefficient (Wildman–Crippen LogP) is 8.33. The van der Waals surface area contributed by atoms with Crippen LogP contribution in [0.15, 0.2) is 0 Å². The van der Waals surface area contributed by atoms with Gasteiger partial charge in [0.1, 0.15) is 0 Å². The van der Waals surface area contributed by atoms with Gasteiger partial charge in [-0.3, -0.25) is 0 Å². The molecule has 1 atom stereocenters. The zero-order chi connectivity index (χ0) is 23.9. The van der Waals surface area contributed by atoms with Crippen LogP contribution in [0.5, 0.6) is 0 Å². The van der Waals surface area contributed by atoms with E-state index >= 15 is 0 Å². The van der Waals surface area contributed by atoms with Crippen molar-refractivity contribution in [3.8, 4) is 0 Å². The zero-order valence-electron chi connectivity index (χ0n) is 22.2. The molecule has 3 nitrogen and oxygen atoms in total. The second-order valence-corrected chi connectivity index (χ2v) is 11.1. The van der Waals surface area contributed by atoms with Gasteiger partial charge in [-0.2, -0.15) is 0 Å². The van der Waals surface area contributed by atoms with Crippen molar-refractivity contribution >= 4 is 0 Å². The van der Waals surface area contributed by atoms with Crippen LogP contribution in [0, 0.1) is 11.3 Å². The highest BCUT2D eigenvalue weighted by Crippen LogP contribution is 2.44. The molecule has 1 rings (SSSR count). The van der Waals surface area contributed by atoms with Gasteiger partial charge < -0.3 is 15.3 Å². The average Bonchev–Trinajstić information content (AvgIpc) is 2.81. The molecule has 3 heteroatoms. The van der Waals surface area contributed by atoms with Gasteiger partial charge in [-0.25, -0.2) is 0 Å². The first kappa shape index (κ1) is 30.9. The molecule has 0 amide bonds. The molecule has 0 heterocycles. The van der Waals surface area contributed by atoms with Gasteiger partial charge in [0.25, 0.3) is 0 Å². The van der Waals surface area contributed by atoms with Crippen LogP contribution < -0.4 is 0 Å². The maximum Gasteiger partial charge on any atom is 0.0436 e. The molecule has 0 aliphatic heterocycles. The summed E-state index contributed by atoms with van der Waals surface area (Å²) >= 11 is 0. The number of hydrogen-bond acceptors (Lipinski definition) is 3. The maximum atomic E-state index is 9.88. The molecule has 1 saturated carbocycles. The molecular weight excluding hydrogens is 408 g/mol. The van der Waals surface area contributed by atoms with Gasteiger partial charge in [-0.15, -0.1) is 0 Å². The normalized spacial score (nSPS) is 24.6. The Kier molecular flexibility index (Phi) is 20.9. The minimum atomic E-state index is -0.00000928. The van der Waals surface area contributed by atoms with E-state index in [1.807, 2.05) is 0 Å². The van der Waals surface area contributed by atoms with Crippen LogP contribution in [0.1, 0.15) is 161 Å². The van der Waals surface area contributed by atoms with Crippen LogP contribution in [0.4, 0.5) is 0 Å². The van der Waals surface area contributed by atoms with Crippen LogP contribution in [0.3, 0.4) is 0 Å². The highest BCUT2D eigenvalue weighted by Gasteiger charge is 2.36. The Labute approximate surface area is 207 Å². The fraction of sp³-hybridized carbons (Fsp3) is 1.00. The van der Waals surface area contributed by atoms with Crippen molar-refractivity contribution < 1.29 is 15.3 Å². The van der Waals surface area contributed by atoms with E-state index in [0.717, 1.165) is 32.1 Å². The summed E-state index contributed by atoms with van der Waals surface area (Å²) in [7, 11) is 0. The lowest BCUT2D eigenvalue weighted by atomic mass is 9.65. The Bertz CT molecular complexity index is 392. The first-order chi connectivity index (χ1) is 16.3. The zero-order valence-corrected chi connectivity index (χ0v) is 22.2. The van der Waals surface area contributed by atoms with Crippen molar-refractivity contribution in [2.45, 2.75) is 161 Å². The van der Waals surface area contributed by atoms with Crippen molar-refractivity contribution in [3.63, 3.8) is 0 Å². The van der Waals surface area contributed by atoms with E-state index in [2.05, 4.69) is 0 Å². The van der Waals surface area contributed by atoms with Crippen molar-refractivity contribution in [2.75, 3.05) is 19.8 Å². The molecule has 198 valence electrons. The molecule has 0 saturated heterocycles. The Morgan fingerprint density at radius 2 is 0.758 bits per heavy atom. The summed E-state index contributed by atoms with van der Waals surface area (Å²) in [6.07, 6.45) is 32.0. The summed E-state index contributed by atoms with van der Waals surface area (Å²) in [5, 5.41) is 29.5. The van der Waals surface area contributed by atoms with Crippen molar-refractivity contribution in [2.24, 2.45) is 11.3 Å². The van der Waals surface area contributed by atoms with E-state index in [4.69, 9.17) is 0 Å². The minimum absolute atomic E-state index is 0.00000928. The van der Waals surface area contributed by atoms with Crippen LogP contribution >= 0.6 is 0 Å². The summed E-state index contributed by atoms with van der Waals surface area (Å²) in [4.78, 5) is 0. The number of aliphatic hydroxyl groups is 3. The summed E-state index contributed by atoms with van der Waals surface area (Å²) in [6.45, 7) is 0.618. The van der Waals surface area contributed by atoms with Crippen molar-refractivity contribution in [3.05, 3.63) is 0 Å². The molecule has 1 aliphatic rings. The van der Waals surface area contributed by atoms with Gasteiger partial charge in [0.2, 0.25) is 0 Å². The second-order valence-electron chi connectivity index (χ2n) is 11.1. The minimum Gasteiger partial charge on any atom is -0.396 e. The lowest BCUT2D eigenvalue weighted by Gasteiger charge is -2.41. The molecule has 1 aliphatic carbocycles. The van der Waals surface area contributed by atoms with Gasteiger partial charge in [0.05, 0.1) is 0 Å². The van der Waals surface area contributed by atoms with Gasteiger partial charge >= 0.3 is 0 Å². The fourth-order valence-corrected chi connectivity index (χ4v) is 6.40. The number of hydrogen-bond donors (Lipinski definition) is 3. The molecule has 1 unspecified atom stereocenters. The van der Waals surface area contributed by atoms with E-state index in [1.54, 1.807) is 0 Å². The van der Waals surface area contributed by atoms with Crippen LogP contribution in [-0.2, 0) is 0 Å². The molecule has 0 aromatic carbocycles. The number of aliphatic hydroxyl groups excluding tert-OH is 3. The largest absolute Gasteiger partial charge is 0.396 e. The summed E-state index contributed by atoms with van der Waals surface area (Å²) in [5.41, 5.74) is -0.00000928. The molecule has 0 bridgehead atoms. The van der Waals surface area contributed by atoms with Crippen LogP contribution in [0.25, 0.3) is 0 Å². The topological polar surface area (TPSA) is 60.7 Å². The monoisotopic (exact) mass is 468 g/mol. The van der Waals surface area contributed by atoms with Crippen molar-refractivity contribution in [1.29, 1.82) is 0 Å². The lowest BCUT2D eigenvalue weighted by Crippen LogP contribution is -2.34. The quantitative estimate of drug-likeness (QED) is 0.367. The third kappa shape index (κ3) is 15.5. The molecule has 1 fully saturated rings. The average molecular weight is 469 g/mol. The molecule has 3 N–H and O–H groups in total. The Hall–Kier alpha value is -0.120. The lowest BCUT2D eigenvalue weighted by molar-refractivity contribution is 0.0382. The molecule has 0 spiro atoms. The Morgan fingerprint density at radius 1 is 0.424 bits per heavy atom. The predicted molar refractivity (Wildman–Crippen MR) is 143 cm³/mol. The molecular formula is C30H60O3. The highest BCUT2D eigenvalue weighted by atomic mass is 16.3. The van der Waals surface area contributed by atoms with Crippen LogP contribution in [-0.4, -0.2) is 35.1 Å². The SMILES string of the molecule is OCCC1CCCCCCCCCCCCCCCCCCCCCCC1(CCO)CCO. The fourth-order valence-electron chi connectivity index (χ4n) is 6.40. The summed E-state index contributed by atoms with van der Waals surface area (Å²) in [5.74, 6) is 0.423. The molecule has 0 aromatic heterocycles.